The normalized spacial score (nSPS) is 20.8. The number of nitrogens with zero attached hydrogens (tertiary/aromatic N) is 1. The van der Waals surface area contributed by atoms with Crippen molar-refractivity contribution in [2.75, 3.05) is 13.1 Å². The topological polar surface area (TPSA) is 54.3 Å². The smallest absolute Gasteiger partial charge is 0.122 e. The third-order valence-electron chi connectivity index (χ3n) is 5.70. The van der Waals surface area contributed by atoms with Crippen LogP contribution >= 0.6 is 11.6 Å². The monoisotopic (exact) mass is 432 g/mol. The van der Waals surface area contributed by atoms with E-state index in [9.17, 15) is 5.26 Å². The zero-order valence-electron chi connectivity index (χ0n) is 17.3. The second-order valence-electron chi connectivity index (χ2n) is 7.74. The lowest BCUT2D eigenvalue weighted by Gasteiger charge is -2.44. The molecule has 1 saturated heterocycles. The van der Waals surface area contributed by atoms with E-state index < -0.39 is 5.60 Å². The molecule has 1 N–H and O–H groups in total. The number of nitrogens with one attached hydrogen (secondary N) is 1. The van der Waals surface area contributed by atoms with E-state index >= 15 is 0 Å². The quantitative estimate of drug-likeness (QED) is 0.557. The molecule has 4 rings (SSSR count). The molecular formula is C26H25ClN2O2. The second-order valence-corrected chi connectivity index (χ2v) is 8.17. The molecule has 0 amide bonds. The second kappa shape index (κ2) is 10.1. The Hall–Kier alpha value is -2.68. The molecule has 2 unspecified atom stereocenters. The van der Waals surface area contributed by atoms with E-state index in [0.717, 1.165) is 29.7 Å². The van der Waals surface area contributed by atoms with Crippen molar-refractivity contribution in [3.05, 3.63) is 106 Å². The average molecular weight is 433 g/mol. The molecule has 0 spiro atoms. The van der Waals surface area contributed by atoms with E-state index in [2.05, 4.69) is 23.5 Å². The number of piperidine rings is 1. The molecule has 3 aromatic carbocycles. The lowest BCUT2D eigenvalue weighted by molar-refractivity contribution is -0.176. The predicted molar refractivity (Wildman–Crippen MR) is 122 cm³/mol. The van der Waals surface area contributed by atoms with Crippen LogP contribution in [0.15, 0.2) is 78.9 Å². The summed E-state index contributed by atoms with van der Waals surface area (Å²) in [6, 6.07) is 27.8. The fourth-order valence-corrected chi connectivity index (χ4v) is 4.18. The lowest BCUT2D eigenvalue weighted by atomic mass is 9.82. The van der Waals surface area contributed by atoms with Crippen LogP contribution in [0.5, 0.6) is 0 Å². The van der Waals surface area contributed by atoms with Crippen molar-refractivity contribution in [1.82, 2.24) is 5.32 Å². The fraction of sp³-hybridized carbons (Fsp3) is 0.269. The minimum Gasteiger partial charge on any atom is -0.369 e. The van der Waals surface area contributed by atoms with Crippen LogP contribution in [-0.4, -0.2) is 19.2 Å². The molecule has 3 aromatic rings. The van der Waals surface area contributed by atoms with Crippen LogP contribution in [0, 0.1) is 11.3 Å². The van der Waals surface area contributed by atoms with Crippen LogP contribution in [0.3, 0.4) is 0 Å². The Morgan fingerprint density at radius 3 is 2.52 bits per heavy atom. The SMILES string of the molecule is N#Cc1cccc(COC2CNCCC2(OCc2ccccc2)c2ccc(Cl)cc2)c1. The molecule has 0 bridgehead atoms. The zero-order chi connectivity index (χ0) is 21.5. The number of ether oxygens (including phenoxy) is 2. The molecule has 31 heavy (non-hydrogen) atoms. The van der Waals surface area contributed by atoms with E-state index in [4.69, 9.17) is 21.1 Å². The molecule has 0 saturated carbocycles. The summed E-state index contributed by atoms with van der Waals surface area (Å²) < 4.78 is 13.1. The highest BCUT2D eigenvalue weighted by Gasteiger charge is 2.44. The van der Waals surface area contributed by atoms with Gasteiger partial charge in [0.1, 0.15) is 11.7 Å². The fourth-order valence-electron chi connectivity index (χ4n) is 4.05. The molecule has 1 aliphatic heterocycles. The highest BCUT2D eigenvalue weighted by molar-refractivity contribution is 6.30. The van der Waals surface area contributed by atoms with Crippen LogP contribution in [0.4, 0.5) is 0 Å². The van der Waals surface area contributed by atoms with Gasteiger partial charge in [-0.15, -0.1) is 0 Å². The van der Waals surface area contributed by atoms with Gasteiger partial charge in [-0.3, -0.25) is 0 Å². The van der Waals surface area contributed by atoms with Crippen molar-refractivity contribution < 1.29 is 9.47 Å². The summed E-state index contributed by atoms with van der Waals surface area (Å²) in [6.45, 7) is 2.41. The molecule has 2 atom stereocenters. The largest absolute Gasteiger partial charge is 0.369 e. The molecule has 158 valence electrons. The maximum Gasteiger partial charge on any atom is 0.122 e. The standard InChI is InChI=1S/C26H25ClN2O2/c27-24-11-9-23(10-12-24)26(31-19-20-5-2-1-3-6-20)13-14-29-17-25(26)30-18-22-8-4-7-21(15-22)16-28/h1-12,15,25,29H,13-14,17-19H2. The van der Waals surface area contributed by atoms with Crippen molar-refractivity contribution in [1.29, 1.82) is 5.26 Å². The first-order chi connectivity index (χ1) is 15.2. The Balaban J connectivity index is 1.61. The Labute approximate surface area is 188 Å². The summed E-state index contributed by atoms with van der Waals surface area (Å²) in [6.07, 6.45) is 0.585. The lowest BCUT2D eigenvalue weighted by Crippen LogP contribution is -2.54. The average Bonchev–Trinajstić information content (AvgIpc) is 2.83. The molecule has 1 fully saturated rings. The molecular weight excluding hydrogens is 408 g/mol. The number of hydrogen-bond donors (Lipinski definition) is 1. The highest BCUT2D eigenvalue weighted by Crippen LogP contribution is 2.38. The third-order valence-corrected chi connectivity index (χ3v) is 5.95. The van der Waals surface area contributed by atoms with Gasteiger partial charge in [-0.25, -0.2) is 0 Å². The van der Waals surface area contributed by atoms with E-state index in [1.807, 2.05) is 60.7 Å². The van der Waals surface area contributed by atoms with Crippen LogP contribution < -0.4 is 5.32 Å². The first-order valence-corrected chi connectivity index (χ1v) is 10.8. The number of benzene rings is 3. The van der Waals surface area contributed by atoms with Gasteiger partial charge in [-0.05, 0) is 53.9 Å². The summed E-state index contributed by atoms with van der Waals surface area (Å²) in [5.41, 5.74) is 3.18. The first kappa shape index (κ1) is 21.5. The molecule has 0 radical (unpaired) electrons. The summed E-state index contributed by atoms with van der Waals surface area (Å²) in [7, 11) is 0. The van der Waals surface area contributed by atoms with Crippen LogP contribution in [0.2, 0.25) is 5.02 Å². The van der Waals surface area contributed by atoms with Gasteiger partial charge in [0.2, 0.25) is 0 Å². The first-order valence-electron chi connectivity index (χ1n) is 10.4. The molecule has 1 heterocycles. The highest BCUT2D eigenvalue weighted by atomic mass is 35.5. The molecule has 4 nitrogen and oxygen atoms in total. The van der Waals surface area contributed by atoms with Gasteiger partial charge in [-0.1, -0.05) is 66.2 Å². The molecule has 0 aromatic heterocycles. The third kappa shape index (κ3) is 5.15. The maximum absolute atomic E-state index is 9.18. The predicted octanol–water partition coefficient (Wildman–Crippen LogP) is 5.20. The summed E-state index contributed by atoms with van der Waals surface area (Å²) in [4.78, 5) is 0. The van der Waals surface area contributed by atoms with Crippen molar-refractivity contribution in [2.24, 2.45) is 0 Å². The van der Waals surface area contributed by atoms with Gasteiger partial charge in [0, 0.05) is 11.6 Å². The zero-order valence-corrected chi connectivity index (χ0v) is 18.0. The Morgan fingerprint density at radius 2 is 1.74 bits per heavy atom. The van der Waals surface area contributed by atoms with Crippen LogP contribution in [-0.2, 0) is 28.3 Å². The summed E-state index contributed by atoms with van der Waals surface area (Å²) >= 11 is 6.16. The molecule has 1 aliphatic rings. The van der Waals surface area contributed by atoms with E-state index in [-0.39, 0.29) is 6.10 Å². The Kier molecular flexibility index (Phi) is 7.01. The van der Waals surface area contributed by atoms with Gasteiger partial charge in [0.05, 0.1) is 24.8 Å². The van der Waals surface area contributed by atoms with Crippen molar-refractivity contribution >= 4 is 11.6 Å². The maximum atomic E-state index is 9.18. The van der Waals surface area contributed by atoms with Gasteiger partial charge < -0.3 is 14.8 Å². The molecule has 5 heteroatoms. The van der Waals surface area contributed by atoms with E-state index in [1.165, 1.54) is 0 Å². The van der Waals surface area contributed by atoms with Gasteiger partial charge >= 0.3 is 0 Å². The number of rotatable bonds is 7. The minimum atomic E-state index is -0.599. The number of halogens is 1. The van der Waals surface area contributed by atoms with Gasteiger partial charge in [0.25, 0.3) is 0 Å². The number of hydrogen-bond acceptors (Lipinski definition) is 4. The van der Waals surface area contributed by atoms with Crippen LogP contribution in [0.25, 0.3) is 0 Å². The van der Waals surface area contributed by atoms with Crippen molar-refractivity contribution in [3.8, 4) is 6.07 Å². The van der Waals surface area contributed by atoms with Crippen molar-refractivity contribution in [2.45, 2.75) is 31.3 Å². The van der Waals surface area contributed by atoms with Crippen molar-refractivity contribution in [3.63, 3.8) is 0 Å². The van der Waals surface area contributed by atoms with E-state index in [1.54, 1.807) is 6.07 Å². The summed E-state index contributed by atoms with van der Waals surface area (Å²) in [5, 5.41) is 13.3. The van der Waals surface area contributed by atoms with Gasteiger partial charge in [0.15, 0.2) is 0 Å². The van der Waals surface area contributed by atoms with E-state index in [0.29, 0.717) is 30.3 Å². The molecule has 0 aliphatic carbocycles. The van der Waals surface area contributed by atoms with Crippen LogP contribution in [0.1, 0.15) is 28.7 Å². The Bertz CT molecular complexity index is 1030. The minimum absolute atomic E-state index is 0.197. The number of nitriles is 1. The van der Waals surface area contributed by atoms with Gasteiger partial charge in [-0.2, -0.15) is 5.26 Å². The summed E-state index contributed by atoms with van der Waals surface area (Å²) in [5.74, 6) is 0. The Morgan fingerprint density at radius 1 is 0.968 bits per heavy atom.